The van der Waals surface area contributed by atoms with Crippen molar-refractivity contribution in [2.45, 2.75) is 5.41 Å². The Balaban J connectivity index is 1.13. The fraction of sp³-hybridized carbons (Fsp3) is 0.0175. The van der Waals surface area contributed by atoms with Gasteiger partial charge in [0.15, 0.2) is 0 Å². The molecule has 1 heteroatoms. The zero-order valence-corrected chi connectivity index (χ0v) is 32.0. The Bertz CT molecular complexity index is 3040. The molecule has 0 heterocycles. The SMILES string of the molecule is c1ccc(-c2ccc(N(c3ccccc3)c3ccc(-c4ccc5c(c4)C(c4ccccc4)(c4ccccc4)c4ccc6ccccc6c4-5)c4ccccc34)cc2)cc1. The fourth-order valence-electron chi connectivity index (χ4n) is 9.59. The van der Waals surface area contributed by atoms with Crippen LogP contribution in [0.1, 0.15) is 22.3 Å². The normalized spacial score (nSPS) is 12.6. The van der Waals surface area contributed by atoms with E-state index in [4.69, 9.17) is 0 Å². The van der Waals surface area contributed by atoms with Crippen molar-refractivity contribution in [3.63, 3.8) is 0 Å². The first-order valence-electron chi connectivity index (χ1n) is 20.1. The van der Waals surface area contributed by atoms with Gasteiger partial charge in [0.2, 0.25) is 0 Å². The summed E-state index contributed by atoms with van der Waals surface area (Å²) >= 11 is 0. The molecule has 1 nitrogen and oxygen atoms in total. The number of para-hydroxylation sites is 1. The lowest BCUT2D eigenvalue weighted by Crippen LogP contribution is -2.28. The van der Waals surface area contributed by atoms with Crippen LogP contribution in [-0.2, 0) is 5.41 Å². The molecule has 0 radical (unpaired) electrons. The standard InChI is InChI=1S/C57H39N/c1-5-17-40(18-6-1)41-29-33-47(34-30-41)58(46-24-11-4-12-25-46)55-38-36-48(50-27-15-16-28-51(50)55)43-31-35-52-54(39-43)57(44-20-7-2-8-21-44,45-22-9-3-10-23-45)53-37-32-42-19-13-14-26-49(42)56(52)53/h1-39H. The van der Waals surface area contributed by atoms with Gasteiger partial charge in [-0.1, -0.05) is 200 Å². The van der Waals surface area contributed by atoms with Crippen LogP contribution in [0.5, 0.6) is 0 Å². The van der Waals surface area contributed by atoms with E-state index in [0.717, 1.165) is 17.1 Å². The molecule has 272 valence electrons. The molecule has 11 rings (SSSR count). The Labute approximate surface area is 339 Å². The van der Waals surface area contributed by atoms with Crippen LogP contribution in [0, 0.1) is 0 Å². The monoisotopic (exact) mass is 737 g/mol. The van der Waals surface area contributed by atoms with Gasteiger partial charge in [0.25, 0.3) is 0 Å². The van der Waals surface area contributed by atoms with Crippen LogP contribution < -0.4 is 4.90 Å². The number of hydrogen-bond acceptors (Lipinski definition) is 1. The molecule has 0 atom stereocenters. The minimum atomic E-state index is -0.501. The summed E-state index contributed by atoms with van der Waals surface area (Å²) in [6.07, 6.45) is 0. The largest absolute Gasteiger partial charge is 0.310 e. The first-order valence-corrected chi connectivity index (χ1v) is 20.1. The summed E-state index contributed by atoms with van der Waals surface area (Å²) in [6, 6.07) is 86.7. The third-order valence-corrected chi connectivity index (χ3v) is 12.1. The van der Waals surface area contributed by atoms with Gasteiger partial charge in [-0.3, -0.25) is 0 Å². The van der Waals surface area contributed by atoms with Crippen molar-refractivity contribution in [2.75, 3.05) is 4.90 Å². The number of anilines is 3. The van der Waals surface area contributed by atoms with Crippen molar-refractivity contribution in [3.05, 3.63) is 259 Å². The lowest BCUT2D eigenvalue weighted by Gasteiger charge is -2.34. The molecule has 0 bridgehead atoms. The lowest BCUT2D eigenvalue weighted by molar-refractivity contribution is 0.769. The summed E-state index contributed by atoms with van der Waals surface area (Å²) in [5.74, 6) is 0. The third kappa shape index (κ3) is 5.32. The maximum Gasteiger partial charge on any atom is 0.0714 e. The van der Waals surface area contributed by atoms with Gasteiger partial charge in [0, 0.05) is 16.8 Å². The molecule has 0 aliphatic heterocycles. The summed E-state index contributed by atoms with van der Waals surface area (Å²) in [7, 11) is 0. The van der Waals surface area contributed by atoms with Gasteiger partial charge in [-0.25, -0.2) is 0 Å². The number of hydrogen-bond donors (Lipinski definition) is 0. The fourth-order valence-corrected chi connectivity index (χ4v) is 9.59. The van der Waals surface area contributed by atoms with Crippen molar-refractivity contribution in [3.8, 4) is 33.4 Å². The Morgan fingerprint density at radius 2 is 0.828 bits per heavy atom. The molecule has 0 saturated heterocycles. The minimum Gasteiger partial charge on any atom is -0.310 e. The smallest absolute Gasteiger partial charge is 0.0714 e. The zero-order valence-electron chi connectivity index (χ0n) is 32.0. The second-order valence-electron chi connectivity index (χ2n) is 15.2. The molecule has 0 N–H and O–H groups in total. The maximum absolute atomic E-state index is 2.49. The molecule has 1 aliphatic carbocycles. The molecule has 58 heavy (non-hydrogen) atoms. The Kier molecular flexibility index (Phi) is 8.12. The van der Waals surface area contributed by atoms with Gasteiger partial charge < -0.3 is 4.90 Å². The number of rotatable bonds is 7. The second kappa shape index (κ2) is 13.9. The zero-order chi connectivity index (χ0) is 38.5. The molecule has 0 saturated carbocycles. The van der Waals surface area contributed by atoms with Crippen molar-refractivity contribution in [1.29, 1.82) is 0 Å². The second-order valence-corrected chi connectivity index (χ2v) is 15.2. The van der Waals surface area contributed by atoms with Crippen LogP contribution in [0.15, 0.2) is 237 Å². The van der Waals surface area contributed by atoms with Crippen LogP contribution in [0.3, 0.4) is 0 Å². The summed E-state index contributed by atoms with van der Waals surface area (Å²) in [5.41, 5.74) is 15.5. The van der Waals surface area contributed by atoms with Gasteiger partial charge in [-0.15, -0.1) is 0 Å². The average Bonchev–Trinajstić information content (AvgIpc) is 3.61. The van der Waals surface area contributed by atoms with Gasteiger partial charge >= 0.3 is 0 Å². The molecule has 0 fully saturated rings. The summed E-state index contributed by atoms with van der Waals surface area (Å²) in [5, 5.41) is 4.96. The van der Waals surface area contributed by atoms with Gasteiger partial charge in [-0.05, 0) is 108 Å². The van der Waals surface area contributed by atoms with Crippen LogP contribution in [0.2, 0.25) is 0 Å². The Morgan fingerprint density at radius 1 is 0.310 bits per heavy atom. The van der Waals surface area contributed by atoms with Crippen LogP contribution in [0.4, 0.5) is 17.1 Å². The van der Waals surface area contributed by atoms with Gasteiger partial charge in [0.1, 0.15) is 0 Å². The molecule has 0 amide bonds. The van der Waals surface area contributed by atoms with E-state index in [1.165, 1.54) is 77.2 Å². The van der Waals surface area contributed by atoms with E-state index in [9.17, 15) is 0 Å². The van der Waals surface area contributed by atoms with Crippen LogP contribution in [0.25, 0.3) is 54.9 Å². The van der Waals surface area contributed by atoms with E-state index in [-0.39, 0.29) is 0 Å². The van der Waals surface area contributed by atoms with E-state index in [2.05, 4.69) is 241 Å². The first-order chi connectivity index (χ1) is 28.8. The Morgan fingerprint density at radius 3 is 1.52 bits per heavy atom. The Hall–Kier alpha value is -7.48. The van der Waals surface area contributed by atoms with Crippen molar-refractivity contribution in [1.82, 2.24) is 0 Å². The first kappa shape index (κ1) is 33.8. The molecule has 0 unspecified atom stereocenters. The summed E-state index contributed by atoms with van der Waals surface area (Å²) in [4.78, 5) is 2.39. The number of nitrogens with zero attached hydrogens (tertiary/aromatic N) is 1. The van der Waals surface area contributed by atoms with Crippen molar-refractivity contribution >= 4 is 38.6 Å². The molecule has 1 aliphatic rings. The van der Waals surface area contributed by atoms with Crippen LogP contribution in [-0.4, -0.2) is 0 Å². The predicted octanol–water partition coefficient (Wildman–Crippen LogP) is 15.2. The van der Waals surface area contributed by atoms with Gasteiger partial charge in [-0.2, -0.15) is 0 Å². The van der Waals surface area contributed by atoms with E-state index >= 15 is 0 Å². The number of benzene rings is 10. The molecule has 0 aromatic heterocycles. The van der Waals surface area contributed by atoms with Gasteiger partial charge in [0.05, 0.1) is 11.1 Å². The van der Waals surface area contributed by atoms with E-state index in [1.807, 2.05) is 0 Å². The molecule has 10 aromatic carbocycles. The highest BCUT2D eigenvalue weighted by atomic mass is 15.1. The molecular formula is C57H39N. The highest BCUT2D eigenvalue weighted by molar-refractivity contribution is 6.08. The molecule has 10 aromatic rings. The highest BCUT2D eigenvalue weighted by Crippen LogP contribution is 2.58. The quantitative estimate of drug-likeness (QED) is 0.157. The molecule has 0 spiro atoms. The van der Waals surface area contributed by atoms with E-state index in [0.29, 0.717) is 0 Å². The maximum atomic E-state index is 2.49. The number of fused-ring (bicyclic) bond motifs is 6. The van der Waals surface area contributed by atoms with Crippen molar-refractivity contribution in [2.24, 2.45) is 0 Å². The topological polar surface area (TPSA) is 3.24 Å². The van der Waals surface area contributed by atoms with Crippen LogP contribution >= 0.6 is 0 Å². The third-order valence-electron chi connectivity index (χ3n) is 12.1. The summed E-state index contributed by atoms with van der Waals surface area (Å²) < 4.78 is 0. The molecular weight excluding hydrogens is 699 g/mol. The van der Waals surface area contributed by atoms with Crippen molar-refractivity contribution < 1.29 is 0 Å². The van der Waals surface area contributed by atoms with E-state index in [1.54, 1.807) is 0 Å². The minimum absolute atomic E-state index is 0.501. The lowest BCUT2D eigenvalue weighted by atomic mass is 9.67. The predicted molar refractivity (Wildman–Crippen MR) is 244 cm³/mol. The summed E-state index contributed by atoms with van der Waals surface area (Å²) in [6.45, 7) is 0. The highest BCUT2D eigenvalue weighted by Gasteiger charge is 2.46. The van der Waals surface area contributed by atoms with E-state index < -0.39 is 5.41 Å². The average molecular weight is 738 g/mol.